The number of methoxy groups -OCH3 is 1. The second-order valence-corrected chi connectivity index (χ2v) is 3.91. The van der Waals surface area contributed by atoms with Crippen LogP contribution < -0.4 is 5.32 Å². The molecule has 0 saturated carbocycles. The van der Waals surface area contributed by atoms with Crippen LogP contribution in [-0.2, 0) is 14.2 Å². The predicted molar refractivity (Wildman–Crippen MR) is 68.6 cm³/mol. The summed E-state index contributed by atoms with van der Waals surface area (Å²) in [6.45, 7) is 5.98. The molecule has 0 saturated heterocycles. The van der Waals surface area contributed by atoms with Crippen molar-refractivity contribution < 1.29 is 18.6 Å². The van der Waals surface area contributed by atoms with Crippen molar-refractivity contribution in [2.75, 3.05) is 46.7 Å². The lowest BCUT2D eigenvalue weighted by Crippen LogP contribution is -2.23. The molecule has 104 valence electrons. The zero-order valence-corrected chi connectivity index (χ0v) is 11.2. The highest BCUT2D eigenvalue weighted by atomic mass is 16.5. The van der Waals surface area contributed by atoms with Crippen LogP contribution in [0.1, 0.15) is 18.7 Å². The molecule has 1 aromatic heterocycles. The molecule has 1 heterocycles. The zero-order chi connectivity index (χ0) is 13.1. The third-order valence-electron chi connectivity index (χ3n) is 2.47. The zero-order valence-electron chi connectivity index (χ0n) is 11.2. The Bertz CT molecular complexity index is 277. The number of hydrogen-bond acceptors (Lipinski definition) is 5. The van der Waals surface area contributed by atoms with E-state index in [4.69, 9.17) is 18.6 Å². The molecule has 0 aliphatic carbocycles. The van der Waals surface area contributed by atoms with E-state index in [9.17, 15) is 0 Å². The van der Waals surface area contributed by atoms with Gasteiger partial charge in [0.15, 0.2) is 0 Å². The molecular formula is C13H23NO4. The van der Waals surface area contributed by atoms with Crippen LogP contribution in [0.25, 0.3) is 0 Å². The summed E-state index contributed by atoms with van der Waals surface area (Å²) in [5.41, 5.74) is 0. The van der Waals surface area contributed by atoms with Crippen LogP contribution in [0.3, 0.4) is 0 Å². The van der Waals surface area contributed by atoms with Crippen LogP contribution in [0.15, 0.2) is 22.8 Å². The van der Waals surface area contributed by atoms with E-state index < -0.39 is 0 Å². The Kier molecular flexibility index (Phi) is 8.50. The topological polar surface area (TPSA) is 52.9 Å². The predicted octanol–water partition coefficient (Wildman–Crippen LogP) is 1.61. The summed E-state index contributed by atoms with van der Waals surface area (Å²) < 4.78 is 20.9. The molecule has 1 unspecified atom stereocenters. The van der Waals surface area contributed by atoms with E-state index in [1.54, 1.807) is 13.4 Å². The van der Waals surface area contributed by atoms with Crippen molar-refractivity contribution in [2.24, 2.45) is 0 Å². The summed E-state index contributed by atoms with van der Waals surface area (Å²) in [4.78, 5) is 0. The third-order valence-corrected chi connectivity index (χ3v) is 2.47. The fraction of sp³-hybridized carbons (Fsp3) is 0.692. The largest absolute Gasteiger partial charge is 0.468 e. The highest BCUT2D eigenvalue weighted by molar-refractivity contribution is 5.02. The van der Waals surface area contributed by atoms with E-state index in [1.807, 2.05) is 12.1 Å². The van der Waals surface area contributed by atoms with Crippen LogP contribution in [0.2, 0.25) is 0 Å². The highest BCUT2D eigenvalue weighted by Crippen LogP contribution is 2.11. The Balaban J connectivity index is 1.87. The number of nitrogens with one attached hydrogen (secondary N) is 1. The van der Waals surface area contributed by atoms with Crippen molar-refractivity contribution in [1.29, 1.82) is 0 Å². The van der Waals surface area contributed by atoms with Crippen LogP contribution >= 0.6 is 0 Å². The van der Waals surface area contributed by atoms with Crippen LogP contribution in [-0.4, -0.2) is 46.7 Å². The van der Waals surface area contributed by atoms with Crippen LogP contribution in [0.4, 0.5) is 0 Å². The molecule has 18 heavy (non-hydrogen) atoms. The van der Waals surface area contributed by atoms with Crippen molar-refractivity contribution in [1.82, 2.24) is 5.32 Å². The maximum Gasteiger partial charge on any atom is 0.120 e. The lowest BCUT2D eigenvalue weighted by atomic mass is 10.2. The Hall–Kier alpha value is -0.880. The fourth-order valence-electron chi connectivity index (χ4n) is 1.45. The molecule has 1 aromatic rings. The monoisotopic (exact) mass is 257 g/mol. The highest BCUT2D eigenvalue weighted by Gasteiger charge is 2.05. The Morgan fingerprint density at radius 1 is 1.17 bits per heavy atom. The van der Waals surface area contributed by atoms with Crippen molar-refractivity contribution >= 4 is 0 Å². The number of ether oxygens (including phenoxy) is 3. The molecule has 0 aromatic carbocycles. The average Bonchev–Trinajstić information content (AvgIpc) is 2.90. The van der Waals surface area contributed by atoms with Gasteiger partial charge in [0.1, 0.15) is 5.76 Å². The molecule has 0 radical (unpaired) electrons. The molecule has 0 aliphatic rings. The fourth-order valence-corrected chi connectivity index (χ4v) is 1.45. The van der Waals surface area contributed by atoms with E-state index >= 15 is 0 Å². The minimum Gasteiger partial charge on any atom is -0.468 e. The van der Waals surface area contributed by atoms with E-state index in [0.717, 1.165) is 12.3 Å². The van der Waals surface area contributed by atoms with Gasteiger partial charge in [-0.15, -0.1) is 0 Å². The quantitative estimate of drug-likeness (QED) is 0.610. The summed E-state index contributed by atoms with van der Waals surface area (Å²) in [6, 6.07) is 4.06. The molecule has 1 rings (SSSR count). The van der Waals surface area contributed by atoms with Gasteiger partial charge < -0.3 is 23.9 Å². The summed E-state index contributed by atoms with van der Waals surface area (Å²) in [6.07, 6.45) is 1.68. The summed E-state index contributed by atoms with van der Waals surface area (Å²) in [5.74, 6) is 0.942. The Morgan fingerprint density at radius 3 is 2.56 bits per heavy atom. The summed E-state index contributed by atoms with van der Waals surface area (Å²) in [7, 11) is 1.66. The molecule has 0 aliphatic heterocycles. The van der Waals surface area contributed by atoms with E-state index in [2.05, 4.69) is 12.2 Å². The number of furan rings is 1. The van der Waals surface area contributed by atoms with Gasteiger partial charge in [-0.2, -0.15) is 0 Å². The van der Waals surface area contributed by atoms with Gasteiger partial charge in [-0.05, 0) is 19.1 Å². The molecule has 0 fully saturated rings. The van der Waals surface area contributed by atoms with E-state index in [1.165, 1.54) is 0 Å². The van der Waals surface area contributed by atoms with E-state index in [-0.39, 0.29) is 6.04 Å². The maximum atomic E-state index is 5.42. The lowest BCUT2D eigenvalue weighted by Gasteiger charge is -2.11. The van der Waals surface area contributed by atoms with Crippen molar-refractivity contribution in [2.45, 2.75) is 13.0 Å². The normalized spacial score (nSPS) is 12.8. The second-order valence-electron chi connectivity index (χ2n) is 3.91. The van der Waals surface area contributed by atoms with Gasteiger partial charge in [-0.25, -0.2) is 0 Å². The van der Waals surface area contributed by atoms with Gasteiger partial charge in [0, 0.05) is 13.7 Å². The molecule has 5 heteroatoms. The molecule has 1 N–H and O–H groups in total. The SMILES string of the molecule is COCCOCCOCCNC(C)c1ccco1. The maximum absolute atomic E-state index is 5.42. The first kappa shape index (κ1) is 15.2. The van der Waals surface area contributed by atoms with Gasteiger partial charge in [-0.3, -0.25) is 0 Å². The van der Waals surface area contributed by atoms with E-state index in [0.29, 0.717) is 33.0 Å². The van der Waals surface area contributed by atoms with Gasteiger partial charge in [0.25, 0.3) is 0 Å². The van der Waals surface area contributed by atoms with Crippen molar-refractivity contribution in [3.63, 3.8) is 0 Å². The van der Waals surface area contributed by atoms with Crippen molar-refractivity contribution in [3.05, 3.63) is 24.2 Å². The van der Waals surface area contributed by atoms with Gasteiger partial charge in [0.2, 0.25) is 0 Å². The number of rotatable bonds is 11. The summed E-state index contributed by atoms with van der Waals surface area (Å²) in [5, 5.41) is 3.32. The smallest absolute Gasteiger partial charge is 0.120 e. The molecule has 0 bridgehead atoms. The molecular weight excluding hydrogens is 234 g/mol. The van der Waals surface area contributed by atoms with Gasteiger partial charge in [0.05, 0.1) is 45.3 Å². The standard InChI is InChI=1S/C13H23NO4/c1-12(13-4-3-6-18-13)14-5-7-16-10-11-17-9-8-15-2/h3-4,6,12,14H,5,7-11H2,1-2H3. The first-order valence-corrected chi connectivity index (χ1v) is 6.26. The summed E-state index contributed by atoms with van der Waals surface area (Å²) >= 11 is 0. The van der Waals surface area contributed by atoms with Gasteiger partial charge in [-0.1, -0.05) is 0 Å². The third kappa shape index (κ3) is 6.76. The molecule has 0 spiro atoms. The van der Waals surface area contributed by atoms with Crippen LogP contribution in [0.5, 0.6) is 0 Å². The minimum absolute atomic E-state index is 0.210. The molecule has 1 atom stereocenters. The van der Waals surface area contributed by atoms with Crippen molar-refractivity contribution in [3.8, 4) is 0 Å². The first-order valence-electron chi connectivity index (χ1n) is 6.26. The molecule has 0 amide bonds. The lowest BCUT2D eigenvalue weighted by molar-refractivity contribution is 0.0252. The average molecular weight is 257 g/mol. The Labute approximate surface area is 108 Å². The van der Waals surface area contributed by atoms with Crippen LogP contribution in [0, 0.1) is 0 Å². The molecule has 5 nitrogen and oxygen atoms in total. The first-order chi connectivity index (χ1) is 8.84. The second kappa shape index (κ2) is 10.1. The number of hydrogen-bond donors (Lipinski definition) is 1. The van der Waals surface area contributed by atoms with Gasteiger partial charge >= 0.3 is 0 Å². The Morgan fingerprint density at radius 2 is 1.89 bits per heavy atom. The minimum atomic E-state index is 0.210.